The summed E-state index contributed by atoms with van der Waals surface area (Å²) in [6.07, 6.45) is 6.84. The van der Waals surface area contributed by atoms with E-state index in [4.69, 9.17) is 9.84 Å². The van der Waals surface area contributed by atoms with Gasteiger partial charge in [-0.05, 0) is 31.4 Å². The fraction of sp³-hybridized carbons (Fsp3) is 0.632. The molecule has 7 heteroatoms. The van der Waals surface area contributed by atoms with Crippen LogP contribution in [-0.2, 0) is 9.53 Å². The molecule has 2 saturated heterocycles. The number of aliphatic carboxylic acids is 1. The molecule has 0 saturated carbocycles. The smallest absolute Gasteiger partial charge is 0.305 e. The predicted octanol–water partition coefficient (Wildman–Crippen LogP) is 2.17. The maximum Gasteiger partial charge on any atom is 0.305 e. The third kappa shape index (κ3) is 4.33. The number of nitrogens with zero attached hydrogens (tertiary/aromatic N) is 3. The van der Waals surface area contributed by atoms with Crippen LogP contribution in [0.1, 0.15) is 48.9 Å². The Kier molecular flexibility index (Phi) is 6.08. The molecule has 2 aliphatic heterocycles. The Bertz CT molecular complexity index is 626. The number of pyridine rings is 1. The summed E-state index contributed by atoms with van der Waals surface area (Å²) in [5.41, 5.74) is 0.496. The maximum absolute atomic E-state index is 12.9. The number of ether oxygens (including phenoxy) is 1. The van der Waals surface area contributed by atoms with E-state index in [9.17, 15) is 9.59 Å². The van der Waals surface area contributed by atoms with E-state index in [1.807, 2.05) is 6.07 Å². The molecular formula is C19H27N3O4. The van der Waals surface area contributed by atoms with Crippen molar-refractivity contribution in [3.8, 4) is 0 Å². The van der Waals surface area contributed by atoms with E-state index < -0.39 is 5.97 Å². The third-order valence-corrected chi connectivity index (χ3v) is 5.31. The molecule has 1 N–H and O–H groups in total. The summed E-state index contributed by atoms with van der Waals surface area (Å²) in [5, 5.41) is 9.11. The lowest BCUT2D eigenvalue weighted by Gasteiger charge is -2.24. The quantitative estimate of drug-likeness (QED) is 0.865. The summed E-state index contributed by atoms with van der Waals surface area (Å²) in [6, 6.07) is 3.36. The highest BCUT2D eigenvalue weighted by atomic mass is 16.5. The van der Waals surface area contributed by atoms with Crippen molar-refractivity contribution in [1.82, 2.24) is 9.88 Å². The minimum absolute atomic E-state index is 0.0646. The second-order valence-corrected chi connectivity index (χ2v) is 7.11. The van der Waals surface area contributed by atoms with Crippen LogP contribution in [0.25, 0.3) is 0 Å². The van der Waals surface area contributed by atoms with Crippen molar-refractivity contribution in [2.75, 3.05) is 31.6 Å². The van der Waals surface area contributed by atoms with E-state index in [0.29, 0.717) is 18.5 Å². The van der Waals surface area contributed by atoms with Gasteiger partial charge in [-0.25, -0.2) is 4.98 Å². The first kappa shape index (κ1) is 18.6. The molecule has 2 fully saturated rings. The number of anilines is 1. The van der Waals surface area contributed by atoms with Crippen molar-refractivity contribution < 1.29 is 19.4 Å². The zero-order chi connectivity index (χ0) is 18.5. The van der Waals surface area contributed by atoms with E-state index in [1.54, 1.807) is 24.3 Å². The van der Waals surface area contributed by atoms with Crippen LogP contribution in [0, 0.1) is 0 Å². The molecule has 2 atom stereocenters. The molecule has 3 rings (SSSR count). The van der Waals surface area contributed by atoms with E-state index in [1.165, 1.54) is 25.7 Å². The fourth-order valence-corrected chi connectivity index (χ4v) is 3.85. The van der Waals surface area contributed by atoms with Gasteiger partial charge >= 0.3 is 5.97 Å². The second kappa shape index (κ2) is 8.49. The van der Waals surface area contributed by atoms with Crippen LogP contribution in [0.15, 0.2) is 18.3 Å². The molecule has 142 valence electrons. The maximum atomic E-state index is 12.9. The summed E-state index contributed by atoms with van der Waals surface area (Å²) in [7, 11) is 1.59. The SMILES string of the molecule is COC1CC(CC(=O)O)N(C(=O)c2ccc(N3CCCCCC3)nc2)C1. The Morgan fingerprint density at radius 3 is 2.54 bits per heavy atom. The summed E-state index contributed by atoms with van der Waals surface area (Å²) in [4.78, 5) is 32.4. The molecule has 2 aliphatic rings. The number of hydrogen-bond donors (Lipinski definition) is 1. The first-order valence-corrected chi connectivity index (χ1v) is 9.35. The zero-order valence-corrected chi connectivity index (χ0v) is 15.3. The Morgan fingerprint density at radius 2 is 1.96 bits per heavy atom. The number of carboxylic acids is 1. The largest absolute Gasteiger partial charge is 0.481 e. The minimum Gasteiger partial charge on any atom is -0.481 e. The lowest BCUT2D eigenvalue weighted by atomic mass is 10.1. The van der Waals surface area contributed by atoms with Gasteiger partial charge in [-0.3, -0.25) is 9.59 Å². The number of carboxylic acid groups (broad SMARTS) is 1. The van der Waals surface area contributed by atoms with Crippen LogP contribution >= 0.6 is 0 Å². The molecule has 26 heavy (non-hydrogen) atoms. The van der Waals surface area contributed by atoms with Crippen molar-refractivity contribution in [2.45, 2.75) is 50.7 Å². The third-order valence-electron chi connectivity index (χ3n) is 5.31. The predicted molar refractivity (Wildman–Crippen MR) is 97.4 cm³/mol. The summed E-state index contributed by atoms with van der Waals surface area (Å²) in [5.74, 6) is -0.174. The number of rotatable bonds is 5. The lowest BCUT2D eigenvalue weighted by molar-refractivity contribution is -0.137. The average Bonchev–Trinajstić information content (AvgIpc) is 2.85. The van der Waals surface area contributed by atoms with Gasteiger partial charge in [0.25, 0.3) is 5.91 Å². The summed E-state index contributed by atoms with van der Waals surface area (Å²) < 4.78 is 5.34. The van der Waals surface area contributed by atoms with Crippen LogP contribution in [0.2, 0.25) is 0 Å². The van der Waals surface area contributed by atoms with Crippen LogP contribution < -0.4 is 4.90 Å². The molecule has 1 aromatic rings. The molecule has 3 heterocycles. The van der Waals surface area contributed by atoms with Gasteiger partial charge in [-0.2, -0.15) is 0 Å². The van der Waals surface area contributed by atoms with Gasteiger partial charge in [0.15, 0.2) is 0 Å². The van der Waals surface area contributed by atoms with Crippen LogP contribution in [0.5, 0.6) is 0 Å². The molecule has 0 spiro atoms. The monoisotopic (exact) mass is 361 g/mol. The van der Waals surface area contributed by atoms with Crippen molar-refractivity contribution in [3.63, 3.8) is 0 Å². The highest BCUT2D eigenvalue weighted by Crippen LogP contribution is 2.25. The molecule has 0 radical (unpaired) electrons. The Hall–Kier alpha value is -2.15. The van der Waals surface area contributed by atoms with Gasteiger partial charge in [-0.1, -0.05) is 12.8 Å². The molecule has 7 nitrogen and oxygen atoms in total. The van der Waals surface area contributed by atoms with Crippen molar-refractivity contribution in [2.24, 2.45) is 0 Å². The molecule has 1 aromatic heterocycles. The fourth-order valence-electron chi connectivity index (χ4n) is 3.85. The topological polar surface area (TPSA) is 83.0 Å². The molecule has 0 aliphatic carbocycles. The van der Waals surface area contributed by atoms with Gasteiger partial charge in [0.2, 0.25) is 0 Å². The second-order valence-electron chi connectivity index (χ2n) is 7.11. The normalized spacial score (nSPS) is 23.7. The Balaban J connectivity index is 1.71. The Labute approximate surface area is 153 Å². The standard InChI is InChI=1S/C19H27N3O4/c1-26-16-10-15(11-18(23)24)22(13-16)19(25)14-6-7-17(20-12-14)21-8-4-2-3-5-9-21/h6-7,12,15-16H,2-5,8-11,13H2,1H3,(H,23,24). The van der Waals surface area contributed by atoms with Gasteiger partial charge in [0.1, 0.15) is 5.82 Å². The van der Waals surface area contributed by atoms with E-state index >= 15 is 0 Å². The highest BCUT2D eigenvalue weighted by Gasteiger charge is 2.37. The first-order chi connectivity index (χ1) is 12.6. The van der Waals surface area contributed by atoms with Gasteiger partial charge < -0.3 is 19.6 Å². The molecule has 1 amide bonds. The van der Waals surface area contributed by atoms with E-state index in [0.717, 1.165) is 18.9 Å². The summed E-state index contributed by atoms with van der Waals surface area (Å²) in [6.45, 7) is 2.42. The van der Waals surface area contributed by atoms with Gasteiger partial charge in [0, 0.05) is 39.0 Å². The number of amides is 1. The van der Waals surface area contributed by atoms with E-state index in [-0.39, 0.29) is 24.5 Å². The zero-order valence-electron chi connectivity index (χ0n) is 15.3. The number of methoxy groups -OCH3 is 1. The number of carbonyl (C=O) groups excluding carboxylic acids is 1. The molecule has 0 bridgehead atoms. The van der Waals surface area contributed by atoms with Crippen LogP contribution in [0.3, 0.4) is 0 Å². The molecular weight excluding hydrogens is 334 g/mol. The van der Waals surface area contributed by atoms with Crippen molar-refractivity contribution in [3.05, 3.63) is 23.9 Å². The van der Waals surface area contributed by atoms with E-state index in [2.05, 4.69) is 9.88 Å². The van der Waals surface area contributed by atoms with Crippen LogP contribution in [0.4, 0.5) is 5.82 Å². The van der Waals surface area contributed by atoms with Crippen LogP contribution in [-0.4, -0.2) is 65.8 Å². The summed E-state index contributed by atoms with van der Waals surface area (Å²) >= 11 is 0. The first-order valence-electron chi connectivity index (χ1n) is 9.35. The number of carbonyl (C=O) groups is 2. The highest BCUT2D eigenvalue weighted by molar-refractivity contribution is 5.94. The van der Waals surface area contributed by atoms with Gasteiger partial charge in [-0.15, -0.1) is 0 Å². The van der Waals surface area contributed by atoms with Crippen molar-refractivity contribution >= 4 is 17.7 Å². The number of hydrogen-bond acceptors (Lipinski definition) is 5. The average molecular weight is 361 g/mol. The van der Waals surface area contributed by atoms with Gasteiger partial charge in [0.05, 0.1) is 18.1 Å². The van der Waals surface area contributed by atoms with Crippen molar-refractivity contribution in [1.29, 1.82) is 0 Å². The molecule has 2 unspecified atom stereocenters. The molecule has 0 aromatic carbocycles. The lowest BCUT2D eigenvalue weighted by Crippen LogP contribution is -2.37. The minimum atomic E-state index is -0.904. The number of aromatic nitrogens is 1. The Morgan fingerprint density at radius 1 is 1.23 bits per heavy atom. The number of likely N-dealkylation sites (tertiary alicyclic amines) is 1.